The van der Waals surface area contributed by atoms with E-state index in [1.165, 1.54) is 12.5 Å². The van der Waals surface area contributed by atoms with Gasteiger partial charge in [0, 0.05) is 47.8 Å². The highest BCUT2D eigenvalue weighted by molar-refractivity contribution is 5.98. The summed E-state index contributed by atoms with van der Waals surface area (Å²) in [5.74, 6) is -0.0662. The standard InChI is InChI=1S/C40H46N4O6/c1-25-20-37(46)50-35-23-27(22-33(41)38(25)35)43-36(45)18-6-3-11-19-42-39(47)34(21-26-12-4-2-5-13-26)44-40(48)49-24-32-30-16-9-7-14-28(30)29-15-8-10-17-31(29)32/h7-10,14-17,20,22-23,26,32,34H,2-6,11-13,18-19,21,24,41H2,1H3,(H,42,47)(H,43,45)(H,44,48). The lowest BCUT2D eigenvalue weighted by molar-refractivity contribution is -0.123. The first-order chi connectivity index (χ1) is 24.3. The molecule has 3 amide bonds. The lowest BCUT2D eigenvalue weighted by Crippen LogP contribution is -2.48. The number of aryl methyl sites for hydroxylation is 1. The molecule has 1 aromatic heterocycles. The van der Waals surface area contributed by atoms with E-state index < -0.39 is 17.8 Å². The molecule has 1 unspecified atom stereocenters. The van der Waals surface area contributed by atoms with Crippen LogP contribution in [0, 0.1) is 12.8 Å². The quantitative estimate of drug-likeness (QED) is 0.0664. The maximum atomic E-state index is 13.4. The Kier molecular flexibility index (Phi) is 11.2. The van der Waals surface area contributed by atoms with Crippen LogP contribution in [0.15, 0.2) is 75.9 Å². The Morgan fingerprint density at radius 3 is 2.34 bits per heavy atom. The SMILES string of the molecule is Cc1cc(=O)oc2cc(NC(=O)CCCCCNC(=O)C(CC3CCCCC3)NC(=O)OCC3c4ccccc4-c4ccccc43)cc(N)c12. The molecule has 3 aromatic carbocycles. The van der Waals surface area contributed by atoms with E-state index in [2.05, 4.69) is 40.2 Å². The van der Waals surface area contributed by atoms with Crippen LogP contribution in [0.5, 0.6) is 0 Å². The number of nitrogens with one attached hydrogen (secondary N) is 3. The number of alkyl carbamates (subject to hydrolysis) is 1. The summed E-state index contributed by atoms with van der Waals surface area (Å²) in [6.07, 6.45) is 7.93. The number of nitrogens with two attached hydrogens (primary N) is 1. The van der Waals surface area contributed by atoms with Gasteiger partial charge in [-0.1, -0.05) is 87.1 Å². The fourth-order valence-electron chi connectivity index (χ4n) is 7.51. The van der Waals surface area contributed by atoms with E-state index in [9.17, 15) is 19.2 Å². The molecule has 0 saturated heterocycles. The van der Waals surface area contributed by atoms with Crippen LogP contribution in [0.25, 0.3) is 22.1 Å². The maximum absolute atomic E-state index is 13.4. The molecule has 0 radical (unpaired) electrons. The molecule has 2 aliphatic rings. The number of benzene rings is 3. The Hall–Kier alpha value is -5.12. The minimum atomic E-state index is -0.679. The third-order valence-electron chi connectivity index (χ3n) is 9.98. The predicted octanol–water partition coefficient (Wildman–Crippen LogP) is 7.18. The van der Waals surface area contributed by atoms with Crippen LogP contribution in [0.4, 0.5) is 16.2 Å². The summed E-state index contributed by atoms with van der Waals surface area (Å²) in [7, 11) is 0. The summed E-state index contributed by atoms with van der Waals surface area (Å²) in [6.45, 7) is 2.41. The summed E-state index contributed by atoms with van der Waals surface area (Å²) in [5, 5.41) is 9.37. The minimum Gasteiger partial charge on any atom is -0.449 e. The molecule has 10 nitrogen and oxygen atoms in total. The highest BCUT2D eigenvalue weighted by Gasteiger charge is 2.30. The topological polar surface area (TPSA) is 153 Å². The summed E-state index contributed by atoms with van der Waals surface area (Å²) in [5.41, 5.74) is 12.2. The van der Waals surface area contributed by atoms with E-state index in [1.54, 1.807) is 19.1 Å². The minimum absolute atomic E-state index is 0.0571. The van der Waals surface area contributed by atoms with Gasteiger partial charge in [-0.05, 0) is 66.0 Å². The van der Waals surface area contributed by atoms with Crippen LogP contribution < -0.4 is 27.3 Å². The van der Waals surface area contributed by atoms with Crippen LogP contribution in [0.2, 0.25) is 0 Å². The van der Waals surface area contributed by atoms with Crippen molar-refractivity contribution in [2.75, 3.05) is 24.2 Å². The zero-order chi connectivity index (χ0) is 35.0. The second-order valence-electron chi connectivity index (χ2n) is 13.6. The van der Waals surface area contributed by atoms with Crippen molar-refractivity contribution in [2.45, 2.75) is 83.1 Å². The van der Waals surface area contributed by atoms with Crippen molar-refractivity contribution in [3.05, 3.63) is 93.8 Å². The molecule has 2 aliphatic carbocycles. The van der Waals surface area contributed by atoms with Gasteiger partial charge in [0.15, 0.2) is 0 Å². The Morgan fingerprint density at radius 1 is 0.920 bits per heavy atom. The number of carbonyl (C=O) groups is 3. The van der Waals surface area contributed by atoms with Gasteiger partial charge in [-0.3, -0.25) is 9.59 Å². The first-order valence-corrected chi connectivity index (χ1v) is 17.8. The van der Waals surface area contributed by atoms with Crippen molar-refractivity contribution >= 4 is 40.3 Å². The van der Waals surface area contributed by atoms with Gasteiger partial charge < -0.3 is 30.8 Å². The zero-order valence-electron chi connectivity index (χ0n) is 28.6. The van der Waals surface area contributed by atoms with Crippen LogP contribution in [0.3, 0.4) is 0 Å². The third-order valence-corrected chi connectivity index (χ3v) is 9.98. The molecule has 1 atom stereocenters. The molecule has 10 heteroatoms. The lowest BCUT2D eigenvalue weighted by Gasteiger charge is -2.26. The smallest absolute Gasteiger partial charge is 0.407 e. The lowest BCUT2D eigenvalue weighted by atomic mass is 9.84. The molecule has 6 rings (SSSR count). The molecule has 1 saturated carbocycles. The molecule has 262 valence electrons. The molecule has 5 N–H and O–H groups in total. The van der Waals surface area contributed by atoms with Crippen LogP contribution in [-0.2, 0) is 14.3 Å². The molecule has 0 bridgehead atoms. The van der Waals surface area contributed by atoms with E-state index in [0.717, 1.165) is 54.4 Å². The van der Waals surface area contributed by atoms with Crippen molar-refractivity contribution in [2.24, 2.45) is 5.92 Å². The normalized spacial score (nSPS) is 14.8. The number of unbranched alkanes of at least 4 members (excludes halogenated alkanes) is 2. The average Bonchev–Trinajstić information content (AvgIpc) is 3.42. The van der Waals surface area contributed by atoms with Gasteiger partial charge in [0.05, 0.1) is 0 Å². The Morgan fingerprint density at radius 2 is 1.62 bits per heavy atom. The number of carbonyl (C=O) groups excluding carboxylic acids is 3. The summed E-state index contributed by atoms with van der Waals surface area (Å²) < 4.78 is 11.1. The van der Waals surface area contributed by atoms with Gasteiger partial charge in [0.2, 0.25) is 11.8 Å². The number of hydrogen-bond acceptors (Lipinski definition) is 7. The fraction of sp³-hybridized carbons (Fsp3) is 0.400. The molecule has 1 heterocycles. The molecule has 4 aromatic rings. The number of ether oxygens (including phenoxy) is 1. The van der Waals surface area contributed by atoms with Crippen molar-refractivity contribution in [1.29, 1.82) is 0 Å². The first kappa shape index (κ1) is 34.7. The van der Waals surface area contributed by atoms with Gasteiger partial charge in [0.1, 0.15) is 18.2 Å². The number of fused-ring (bicyclic) bond motifs is 4. The Labute approximate surface area is 292 Å². The van der Waals surface area contributed by atoms with Crippen molar-refractivity contribution in [1.82, 2.24) is 10.6 Å². The van der Waals surface area contributed by atoms with Crippen molar-refractivity contribution in [3.63, 3.8) is 0 Å². The summed E-state index contributed by atoms with van der Waals surface area (Å²) in [4.78, 5) is 50.9. The summed E-state index contributed by atoms with van der Waals surface area (Å²) >= 11 is 0. The maximum Gasteiger partial charge on any atom is 0.407 e. The average molecular weight is 679 g/mol. The van der Waals surface area contributed by atoms with E-state index in [0.29, 0.717) is 59.6 Å². The summed E-state index contributed by atoms with van der Waals surface area (Å²) in [6, 6.07) is 20.4. The van der Waals surface area contributed by atoms with Crippen LogP contribution in [-0.4, -0.2) is 37.1 Å². The number of nitrogen functional groups attached to an aromatic ring is 1. The molecular formula is C40H46N4O6. The van der Waals surface area contributed by atoms with Crippen molar-refractivity contribution in [3.8, 4) is 11.1 Å². The van der Waals surface area contributed by atoms with Gasteiger partial charge in [-0.2, -0.15) is 0 Å². The van der Waals surface area contributed by atoms with Crippen LogP contribution >= 0.6 is 0 Å². The monoisotopic (exact) mass is 678 g/mol. The molecule has 50 heavy (non-hydrogen) atoms. The van der Waals surface area contributed by atoms with E-state index in [-0.39, 0.29) is 30.8 Å². The number of hydrogen-bond donors (Lipinski definition) is 4. The van der Waals surface area contributed by atoms with Crippen LogP contribution in [0.1, 0.15) is 86.8 Å². The van der Waals surface area contributed by atoms with Gasteiger partial charge >= 0.3 is 11.7 Å². The first-order valence-electron chi connectivity index (χ1n) is 17.8. The highest BCUT2D eigenvalue weighted by Crippen LogP contribution is 2.44. The zero-order valence-corrected chi connectivity index (χ0v) is 28.6. The molecular weight excluding hydrogens is 632 g/mol. The highest BCUT2D eigenvalue weighted by atomic mass is 16.5. The number of amides is 3. The largest absolute Gasteiger partial charge is 0.449 e. The number of anilines is 2. The van der Waals surface area contributed by atoms with E-state index in [1.807, 2.05) is 24.3 Å². The Bertz CT molecular complexity index is 1870. The van der Waals surface area contributed by atoms with Crippen molar-refractivity contribution < 1.29 is 23.5 Å². The number of rotatable bonds is 13. The predicted molar refractivity (Wildman–Crippen MR) is 195 cm³/mol. The fourth-order valence-corrected chi connectivity index (χ4v) is 7.51. The second-order valence-corrected chi connectivity index (χ2v) is 13.6. The Balaban J connectivity index is 0.963. The van der Waals surface area contributed by atoms with Gasteiger partial charge in [-0.25, -0.2) is 9.59 Å². The van der Waals surface area contributed by atoms with E-state index in [4.69, 9.17) is 14.9 Å². The second kappa shape index (κ2) is 16.1. The van der Waals surface area contributed by atoms with Gasteiger partial charge in [0.25, 0.3) is 0 Å². The van der Waals surface area contributed by atoms with Gasteiger partial charge in [-0.15, -0.1) is 0 Å². The molecule has 1 fully saturated rings. The van der Waals surface area contributed by atoms with E-state index >= 15 is 0 Å². The molecule has 0 aliphatic heterocycles. The molecule has 0 spiro atoms. The third kappa shape index (κ3) is 8.35.